The van der Waals surface area contributed by atoms with Crippen molar-refractivity contribution in [1.82, 2.24) is 0 Å². The van der Waals surface area contributed by atoms with Crippen LogP contribution >= 0.6 is 0 Å². The molecular weight excluding hydrogens is 479 g/mol. The molecule has 1 saturated heterocycles. The van der Waals surface area contributed by atoms with Crippen molar-refractivity contribution in [3.05, 3.63) is 76.4 Å². The van der Waals surface area contributed by atoms with E-state index in [2.05, 4.69) is 20.2 Å². The normalized spacial score (nSPS) is 24.7. The largest absolute Gasteiger partial charge is 1.00 e. The van der Waals surface area contributed by atoms with Crippen LogP contribution in [0.25, 0.3) is 5.57 Å². The van der Waals surface area contributed by atoms with Crippen molar-refractivity contribution >= 4 is 5.57 Å². The molecule has 0 aromatic heterocycles. The second kappa shape index (κ2) is 8.46. The van der Waals surface area contributed by atoms with E-state index in [9.17, 15) is 8.78 Å². The average molecular weight is 509 g/mol. The minimum absolute atomic E-state index is 0. The SMILES string of the molecule is Cc1ccc(F)cc1C(=CC1CC2CCC(C2)[N+]1(C)C)c1cc(F)ccc1C.[I-]. The molecule has 2 fully saturated rings. The highest BCUT2D eigenvalue weighted by molar-refractivity contribution is 5.83. The number of likely N-dealkylation sites (tertiary alicyclic amines) is 1. The molecule has 1 nitrogen and oxygen atoms in total. The molecule has 156 valence electrons. The first kappa shape index (κ1) is 22.4. The average Bonchev–Trinajstić information content (AvgIpc) is 3.08. The monoisotopic (exact) mass is 509 g/mol. The maximum Gasteiger partial charge on any atom is 0.123 e. The predicted molar refractivity (Wildman–Crippen MR) is 111 cm³/mol. The van der Waals surface area contributed by atoms with Gasteiger partial charge in [0, 0.05) is 12.8 Å². The lowest BCUT2D eigenvalue weighted by Gasteiger charge is -2.45. The fourth-order valence-electron chi connectivity index (χ4n) is 5.30. The van der Waals surface area contributed by atoms with Crippen LogP contribution in [0.4, 0.5) is 8.78 Å². The van der Waals surface area contributed by atoms with E-state index >= 15 is 0 Å². The van der Waals surface area contributed by atoms with Crippen LogP contribution in [-0.4, -0.2) is 30.7 Å². The maximum absolute atomic E-state index is 14.2. The third-order valence-corrected chi connectivity index (χ3v) is 7.22. The minimum atomic E-state index is -0.252. The number of hydrogen-bond donors (Lipinski definition) is 0. The van der Waals surface area contributed by atoms with Gasteiger partial charge in [0.05, 0.1) is 20.1 Å². The molecule has 4 heteroatoms. The van der Waals surface area contributed by atoms with Crippen LogP contribution in [0.15, 0.2) is 42.5 Å². The van der Waals surface area contributed by atoms with Gasteiger partial charge < -0.3 is 28.5 Å². The Hall–Kier alpha value is -1.27. The van der Waals surface area contributed by atoms with Crippen molar-refractivity contribution in [3.8, 4) is 0 Å². The molecule has 0 amide bonds. The van der Waals surface area contributed by atoms with Crippen LogP contribution in [0.3, 0.4) is 0 Å². The van der Waals surface area contributed by atoms with Crippen LogP contribution in [0.2, 0.25) is 0 Å². The first-order valence-electron chi connectivity index (χ1n) is 10.3. The van der Waals surface area contributed by atoms with Gasteiger partial charge in [0.2, 0.25) is 0 Å². The molecule has 1 heterocycles. The summed E-state index contributed by atoms with van der Waals surface area (Å²) in [5.41, 5.74) is 4.73. The van der Waals surface area contributed by atoms with Gasteiger partial charge in [-0.2, -0.15) is 0 Å². The second-order valence-electron chi connectivity index (χ2n) is 9.26. The molecule has 1 aliphatic carbocycles. The third kappa shape index (κ3) is 4.29. The summed E-state index contributed by atoms with van der Waals surface area (Å²) in [7, 11) is 4.64. The molecule has 0 N–H and O–H groups in total. The summed E-state index contributed by atoms with van der Waals surface area (Å²) in [5, 5.41) is 0. The summed E-state index contributed by atoms with van der Waals surface area (Å²) in [5.74, 6) is 0.275. The Bertz CT molecular complexity index is 881. The van der Waals surface area contributed by atoms with Gasteiger partial charge in [-0.15, -0.1) is 0 Å². The number of nitrogens with zero attached hydrogens (tertiary/aromatic N) is 1. The van der Waals surface area contributed by atoms with E-state index in [4.69, 9.17) is 0 Å². The van der Waals surface area contributed by atoms with E-state index in [1.54, 1.807) is 12.1 Å². The van der Waals surface area contributed by atoms with Crippen LogP contribution in [0.5, 0.6) is 0 Å². The predicted octanol–water partition coefficient (Wildman–Crippen LogP) is 3.03. The highest BCUT2D eigenvalue weighted by Crippen LogP contribution is 2.44. The number of piperidine rings is 1. The van der Waals surface area contributed by atoms with Gasteiger partial charge in [-0.25, -0.2) is 8.78 Å². The second-order valence-corrected chi connectivity index (χ2v) is 9.26. The van der Waals surface area contributed by atoms with Crippen molar-refractivity contribution in [3.63, 3.8) is 0 Å². The molecular formula is C25H30F2IN. The Morgan fingerprint density at radius 1 is 0.897 bits per heavy atom. The number of quaternary nitrogens is 1. The number of likely N-dealkylation sites (N-methyl/N-ethyl adjacent to an activating group) is 1. The van der Waals surface area contributed by atoms with Gasteiger partial charge in [0.25, 0.3) is 0 Å². The van der Waals surface area contributed by atoms with Gasteiger partial charge >= 0.3 is 0 Å². The summed E-state index contributed by atoms with van der Waals surface area (Å²) in [4.78, 5) is 0. The summed E-state index contributed by atoms with van der Waals surface area (Å²) < 4.78 is 29.3. The topological polar surface area (TPSA) is 0 Å². The van der Waals surface area contributed by atoms with Crippen LogP contribution in [0, 0.1) is 31.4 Å². The molecule has 1 saturated carbocycles. The van der Waals surface area contributed by atoms with Crippen molar-refractivity contribution in [2.45, 2.75) is 51.6 Å². The molecule has 2 aliphatic rings. The quantitative estimate of drug-likeness (QED) is 0.441. The zero-order valence-electron chi connectivity index (χ0n) is 17.7. The lowest BCUT2D eigenvalue weighted by Crippen LogP contribution is -3.00. The Balaban J connectivity index is 0.00000240. The Kier molecular flexibility index (Phi) is 6.54. The van der Waals surface area contributed by atoms with E-state index in [0.717, 1.165) is 44.6 Å². The fourth-order valence-corrected chi connectivity index (χ4v) is 5.30. The Labute approximate surface area is 190 Å². The molecule has 0 radical (unpaired) electrons. The lowest BCUT2D eigenvalue weighted by atomic mass is 9.85. The Morgan fingerprint density at radius 2 is 1.45 bits per heavy atom. The third-order valence-electron chi connectivity index (χ3n) is 7.22. The molecule has 4 rings (SSSR count). The van der Waals surface area contributed by atoms with Gasteiger partial charge in [0.1, 0.15) is 17.7 Å². The van der Waals surface area contributed by atoms with Crippen molar-refractivity contribution in [1.29, 1.82) is 0 Å². The number of halogens is 3. The molecule has 2 aromatic carbocycles. The minimum Gasteiger partial charge on any atom is -1.00 e. The number of rotatable bonds is 3. The van der Waals surface area contributed by atoms with Crippen LogP contribution in [0.1, 0.15) is 47.9 Å². The fraction of sp³-hybridized carbons (Fsp3) is 0.440. The van der Waals surface area contributed by atoms with E-state index in [-0.39, 0.29) is 35.6 Å². The lowest BCUT2D eigenvalue weighted by molar-refractivity contribution is -0.936. The summed E-state index contributed by atoms with van der Waals surface area (Å²) in [6.45, 7) is 4.00. The zero-order chi connectivity index (χ0) is 20.1. The number of hydrogen-bond acceptors (Lipinski definition) is 0. The van der Waals surface area contributed by atoms with E-state index in [1.807, 2.05) is 26.0 Å². The molecule has 3 atom stereocenters. The van der Waals surface area contributed by atoms with E-state index in [0.29, 0.717) is 12.1 Å². The molecule has 0 spiro atoms. The van der Waals surface area contributed by atoms with Crippen LogP contribution in [-0.2, 0) is 0 Å². The zero-order valence-corrected chi connectivity index (χ0v) is 19.8. The number of aryl methyl sites for hydroxylation is 2. The van der Waals surface area contributed by atoms with E-state index in [1.165, 1.54) is 31.4 Å². The maximum atomic E-state index is 14.2. The van der Waals surface area contributed by atoms with Crippen LogP contribution < -0.4 is 24.0 Å². The number of fused-ring (bicyclic) bond motifs is 2. The van der Waals surface area contributed by atoms with Crippen molar-refractivity contribution in [2.24, 2.45) is 5.92 Å². The first-order valence-corrected chi connectivity index (χ1v) is 10.3. The summed E-state index contributed by atoms with van der Waals surface area (Å²) in [6.07, 6.45) is 7.37. The Morgan fingerprint density at radius 3 is 2.00 bits per heavy atom. The summed E-state index contributed by atoms with van der Waals surface area (Å²) >= 11 is 0. The standard InChI is InChI=1S/C25H30F2N.HI/c1-16-5-8-19(26)13-23(16)25(24-14-20(27)9-6-17(24)2)15-22-12-18-7-10-21(11-18)28(22,3)4;/h5-6,8-9,13-15,18,21-22H,7,10-12H2,1-4H3;1H/q+1;/p-1. The molecule has 29 heavy (non-hydrogen) atoms. The van der Waals surface area contributed by atoms with Gasteiger partial charge in [-0.1, -0.05) is 12.1 Å². The van der Waals surface area contributed by atoms with Gasteiger partial charge in [-0.3, -0.25) is 0 Å². The highest BCUT2D eigenvalue weighted by Gasteiger charge is 2.46. The number of benzene rings is 2. The molecule has 1 aliphatic heterocycles. The molecule has 2 aromatic rings. The molecule has 3 unspecified atom stereocenters. The van der Waals surface area contributed by atoms with Gasteiger partial charge in [0.15, 0.2) is 0 Å². The smallest absolute Gasteiger partial charge is 0.123 e. The highest BCUT2D eigenvalue weighted by atomic mass is 127. The first-order chi connectivity index (χ1) is 13.3. The molecule has 2 bridgehead atoms. The van der Waals surface area contributed by atoms with Crippen molar-refractivity contribution in [2.75, 3.05) is 14.1 Å². The van der Waals surface area contributed by atoms with Gasteiger partial charge in [-0.05, 0) is 90.8 Å². The summed E-state index contributed by atoms with van der Waals surface area (Å²) in [6, 6.07) is 10.9. The van der Waals surface area contributed by atoms with Crippen molar-refractivity contribution < 1.29 is 37.2 Å². The van der Waals surface area contributed by atoms with E-state index < -0.39 is 0 Å².